The zero-order valence-electron chi connectivity index (χ0n) is 13.8. The van der Waals surface area contributed by atoms with Crippen LogP contribution in [0.2, 0.25) is 0 Å². The summed E-state index contributed by atoms with van der Waals surface area (Å²) in [7, 11) is -2.01. The van der Waals surface area contributed by atoms with Gasteiger partial charge in [-0.1, -0.05) is 6.07 Å². The summed E-state index contributed by atoms with van der Waals surface area (Å²) in [4.78, 5) is 9.70. The van der Waals surface area contributed by atoms with Gasteiger partial charge in [-0.05, 0) is 31.2 Å². The van der Waals surface area contributed by atoms with Gasteiger partial charge in [0.2, 0.25) is 10.0 Å². The molecule has 3 aromatic heterocycles. The van der Waals surface area contributed by atoms with Crippen LogP contribution in [0.3, 0.4) is 0 Å². The highest BCUT2D eigenvalue weighted by molar-refractivity contribution is 7.91. The number of ether oxygens (including phenoxy) is 1. The molecule has 0 amide bonds. The largest absolute Gasteiger partial charge is 0.497 e. The Kier molecular flexibility index (Phi) is 5.12. The van der Waals surface area contributed by atoms with Crippen LogP contribution < -0.4 is 9.46 Å². The highest BCUT2D eigenvalue weighted by Crippen LogP contribution is 2.23. The van der Waals surface area contributed by atoms with Gasteiger partial charge >= 0.3 is 0 Å². The van der Waals surface area contributed by atoms with E-state index >= 15 is 0 Å². The van der Waals surface area contributed by atoms with Crippen LogP contribution in [0.15, 0.2) is 52.9 Å². The number of aryl methyl sites for hydroxylation is 1. The molecule has 3 heterocycles. The van der Waals surface area contributed by atoms with Crippen LogP contribution in [0, 0.1) is 6.92 Å². The molecule has 1 N–H and O–H groups in total. The molecule has 0 aliphatic heterocycles. The Morgan fingerprint density at radius 3 is 2.64 bits per heavy atom. The second-order valence-electron chi connectivity index (χ2n) is 5.29. The fourth-order valence-electron chi connectivity index (χ4n) is 2.21. The molecule has 0 spiro atoms. The minimum atomic E-state index is -3.56. The van der Waals surface area contributed by atoms with E-state index in [4.69, 9.17) is 4.74 Å². The average molecular weight is 375 g/mol. The fourth-order valence-corrected chi connectivity index (χ4v) is 4.54. The highest BCUT2D eigenvalue weighted by atomic mass is 32.2. The lowest BCUT2D eigenvalue weighted by molar-refractivity contribution is 0.413. The molecule has 0 saturated heterocycles. The van der Waals surface area contributed by atoms with E-state index in [0.717, 1.165) is 4.88 Å². The minimum absolute atomic E-state index is 0.0658. The van der Waals surface area contributed by atoms with Crippen molar-refractivity contribution in [3.8, 4) is 17.1 Å². The van der Waals surface area contributed by atoms with Gasteiger partial charge in [0.1, 0.15) is 9.96 Å². The molecule has 130 valence electrons. The molecule has 0 unspecified atom stereocenters. The summed E-state index contributed by atoms with van der Waals surface area (Å²) in [5.74, 6) is 0.594. The molecule has 0 bridgehead atoms. The van der Waals surface area contributed by atoms with Crippen molar-refractivity contribution in [2.24, 2.45) is 0 Å². The summed E-state index contributed by atoms with van der Waals surface area (Å²) in [6, 6.07) is 12.4. The first kappa shape index (κ1) is 17.5. The molecular weight excluding hydrogens is 358 g/mol. The van der Waals surface area contributed by atoms with E-state index in [2.05, 4.69) is 14.7 Å². The van der Waals surface area contributed by atoms with Crippen molar-refractivity contribution in [2.75, 3.05) is 7.11 Å². The summed E-state index contributed by atoms with van der Waals surface area (Å²) in [6.07, 6.45) is 1.68. The predicted octanol–water partition coefficient (Wildman–Crippen LogP) is 3.00. The number of sulfonamides is 1. The van der Waals surface area contributed by atoms with Crippen LogP contribution in [-0.2, 0) is 16.6 Å². The van der Waals surface area contributed by atoms with Crippen LogP contribution in [0.5, 0.6) is 5.75 Å². The van der Waals surface area contributed by atoms with Crippen molar-refractivity contribution in [3.63, 3.8) is 0 Å². The van der Waals surface area contributed by atoms with Gasteiger partial charge in [0.15, 0.2) is 0 Å². The number of methoxy groups -OCH3 is 1. The van der Waals surface area contributed by atoms with E-state index in [0.29, 0.717) is 22.8 Å². The first-order valence-electron chi connectivity index (χ1n) is 7.50. The molecule has 3 aromatic rings. The van der Waals surface area contributed by atoms with Crippen LogP contribution in [0.4, 0.5) is 0 Å². The molecule has 0 fully saturated rings. The number of hydrogen-bond acceptors (Lipinski definition) is 6. The lowest BCUT2D eigenvalue weighted by Gasteiger charge is -2.09. The molecule has 3 rings (SSSR count). The number of pyridine rings is 2. The summed E-state index contributed by atoms with van der Waals surface area (Å²) in [6.45, 7) is 1.93. The number of aromatic nitrogens is 2. The lowest BCUT2D eigenvalue weighted by atomic mass is 10.2. The van der Waals surface area contributed by atoms with Crippen molar-refractivity contribution in [1.29, 1.82) is 0 Å². The highest BCUT2D eigenvalue weighted by Gasteiger charge is 2.16. The number of thiophene rings is 1. The van der Waals surface area contributed by atoms with Gasteiger partial charge < -0.3 is 4.74 Å². The Balaban J connectivity index is 1.85. The molecular formula is C17H17N3O3S2. The maximum absolute atomic E-state index is 12.4. The van der Waals surface area contributed by atoms with Crippen LogP contribution in [0.1, 0.15) is 10.6 Å². The minimum Gasteiger partial charge on any atom is -0.497 e. The van der Waals surface area contributed by atoms with E-state index < -0.39 is 10.0 Å². The Hall–Kier alpha value is -2.29. The monoisotopic (exact) mass is 375 g/mol. The quantitative estimate of drug-likeness (QED) is 0.716. The third-order valence-electron chi connectivity index (χ3n) is 3.44. The number of hydrogen-bond donors (Lipinski definition) is 1. The Morgan fingerprint density at radius 1 is 1.16 bits per heavy atom. The van der Waals surface area contributed by atoms with Gasteiger partial charge in [-0.25, -0.2) is 18.1 Å². The summed E-state index contributed by atoms with van der Waals surface area (Å²) < 4.78 is 32.9. The van der Waals surface area contributed by atoms with Crippen molar-refractivity contribution < 1.29 is 13.2 Å². The van der Waals surface area contributed by atoms with Crippen LogP contribution >= 0.6 is 11.3 Å². The lowest BCUT2D eigenvalue weighted by Crippen LogP contribution is -2.23. The molecule has 6 nitrogen and oxygen atoms in total. The number of nitrogens with zero attached hydrogens (tertiary/aromatic N) is 2. The van der Waals surface area contributed by atoms with E-state index in [1.54, 1.807) is 37.6 Å². The SMILES string of the molecule is COc1cc(CNS(=O)(=O)c2ccc(C)s2)nc(-c2ccccn2)c1. The molecule has 8 heteroatoms. The smallest absolute Gasteiger partial charge is 0.250 e. The average Bonchev–Trinajstić information content (AvgIpc) is 3.08. The third kappa shape index (κ3) is 4.22. The molecule has 0 saturated carbocycles. The normalized spacial score (nSPS) is 11.4. The second-order valence-corrected chi connectivity index (χ2v) is 8.57. The number of nitrogens with one attached hydrogen (secondary N) is 1. The molecule has 0 aliphatic carbocycles. The maximum atomic E-state index is 12.4. The second kappa shape index (κ2) is 7.30. The zero-order valence-corrected chi connectivity index (χ0v) is 15.4. The Bertz CT molecular complexity index is 970. The van der Waals surface area contributed by atoms with Crippen LogP contribution in [-0.4, -0.2) is 25.5 Å². The summed E-state index contributed by atoms with van der Waals surface area (Å²) in [5.41, 5.74) is 1.87. The van der Waals surface area contributed by atoms with Gasteiger partial charge in [-0.2, -0.15) is 0 Å². The topological polar surface area (TPSA) is 81.2 Å². The van der Waals surface area contributed by atoms with Gasteiger partial charge in [0.05, 0.1) is 30.7 Å². The van der Waals surface area contributed by atoms with Gasteiger partial charge in [0, 0.05) is 23.2 Å². The van der Waals surface area contributed by atoms with E-state index in [1.165, 1.54) is 11.3 Å². The third-order valence-corrected chi connectivity index (χ3v) is 6.33. The van der Waals surface area contributed by atoms with Crippen molar-refractivity contribution in [3.05, 3.63) is 59.2 Å². The van der Waals surface area contributed by atoms with Crippen molar-refractivity contribution in [2.45, 2.75) is 17.7 Å². The first-order chi connectivity index (χ1) is 12.0. The van der Waals surface area contributed by atoms with Crippen LogP contribution in [0.25, 0.3) is 11.4 Å². The standard InChI is InChI=1S/C17H17N3O3S2/c1-12-6-7-17(24-12)25(21,22)19-11-13-9-14(23-2)10-16(20-13)15-5-3-4-8-18-15/h3-10,19H,11H2,1-2H3. The molecule has 0 aliphatic rings. The number of rotatable bonds is 6. The molecule has 0 atom stereocenters. The van der Waals surface area contributed by atoms with Gasteiger partial charge in [-0.3, -0.25) is 4.98 Å². The summed E-state index contributed by atoms with van der Waals surface area (Å²) >= 11 is 1.23. The predicted molar refractivity (Wildman–Crippen MR) is 97.1 cm³/mol. The first-order valence-corrected chi connectivity index (χ1v) is 9.80. The zero-order chi connectivity index (χ0) is 17.9. The Morgan fingerprint density at radius 2 is 2.00 bits per heavy atom. The molecule has 0 radical (unpaired) electrons. The fraction of sp³-hybridized carbons (Fsp3) is 0.176. The maximum Gasteiger partial charge on any atom is 0.250 e. The van der Waals surface area contributed by atoms with E-state index in [1.807, 2.05) is 25.1 Å². The van der Waals surface area contributed by atoms with Gasteiger partial charge in [-0.15, -0.1) is 11.3 Å². The van der Waals surface area contributed by atoms with E-state index in [-0.39, 0.29) is 10.8 Å². The van der Waals surface area contributed by atoms with Crippen molar-refractivity contribution in [1.82, 2.24) is 14.7 Å². The molecule has 0 aromatic carbocycles. The Labute approximate surface area is 150 Å². The van der Waals surface area contributed by atoms with Gasteiger partial charge in [0.25, 0.3) is 0 Å². The summed E-state index contributed by atoms with van der Waals surface area (Å²) in [5, 5.41) is 0. The molecule has 25 heavy (non-hydrogen) atoms. The van der Waals surface area contributed by atoms with E-state index in [9.17, 15) is 8.42 Å². The van der Waals surface area contributed by atoms with Crippen molar-refractivity contribution >= 4 is 21.4 Å².